The van der Waals surface area contributed by atoms with Gasteiger partial charge in [0.25, 0.3) is 0 Å². The molecule has 0 spiro atoms. The number of halogens is 1. The van der Waals surface area contributed by atoms with Crippen LogP contribution in [0.25, 0.3) is 0 Å². The predicted molar refractivity (Wildman–Crippen MR) is 109 cm³/mol. The average molecular weight is 431 g/mol. The molecule has 1 aromatic rings. The molecule has 1 aromatic carbocycles. The third-order valence-electron chi connectivity index (χ3n) is 3.42. The van der Waals surface area contributed by atoms with Crippen molar-refractivity contribution in [1.29, 1.82) is 0 Å². The Morgan fingerprint density at radius 3 is 2.65 bits per heavy atom. The molecule has 0 bridgehead atoms. The first-order valence-electron chi connectivity index (χ1n) is 7.89. The van der Waals surface area contributed by atoms with Crippen LogP contribution >= 0.6 is 24.0 Å². The highest BCUT2D eigenvalue weighted by molar-refractivity contribution is 14.0. The van der Waals surface area contributed by atoms with Gasteiger partial charge in [0.15, 0.2) is 5.96 Å². The largest absolute Gasteiger partial charge is 0.380 e. The number of rotatable bonds is 9. The van der Waals surface area contributed by atoms with Crippen molar-refractivity contribution in [1.82, 2.24) is 10.2 Å². The Bertz CT molecular complexity index is 477. The summed E-state index contributed by atoms with van der Waals surface area (Å²) in [6.07, 6.45) is 4.07. The van der Waals surface area contributed by atoms with E-state index in [9.17, 15) is 0 Å². The molecule has 0 atom stereocenters. The van der Waals surface area contributed by atoms with Crippen molar-refractivity contribution in [2.45, 2.75) is 32.9 Å². The Labute approximate surface area is 158 Å². The fourth-order valence-corrected chi connectivity index (χ4v) is 2.22. The van der Waals surface area contributed by atoms with Gasteiger partial charge < -0.3 is 15.0 Å². The van der Waals surface area contributed by atoms with Crippen LogP contribution in [0.2, 0.25) is 0 Å². The second kappa shape index (κ2) is 13.4. The Hall–Kier alpha value is -1.08. The monoisotopic (exact) mass is 431 g/mol. The summed E-state index contributed by atoms with van der Waals surface area (Å²) < 4.78 is 5.25. The summed E-state index contributed by atoms with van der Waals surface area (Å²) in [6, 6.07) is 8.28. The summed E-state index contributed by atoms with van der Waals surface area (Å²) in [5.41, 5.74) is 2.40. The highest BCUT2D eigenvalue weighted by atomic mass is 127. The lowest BCUT2D eigenvalue weighted by Gasteiger charge is -2.22. The van der Waals surface area contributed by atoms with Gasteiger partial charge in [-0.15, -0.1) is 30.6 Å². The van der Waals surface area contributed by atoms with Crippen LogP contribution in [0.5, 0.6) is 0 Å². The lowest BCUT2D eigenvalue weighted by molar-refractivity contribution is 0.184. The fourth-order valence-electron chi connectivity index (χ4n) is 2.22. The number of hydrogen-bond acceptors (Lipinski definition) is 2. The molecule has 0 saturated carbocycles. The minimum absolute atomic E-state index is 0. The molecular formula is C18H30IN3O. The Morgan fingerprint density at radius 1 is 1.35 bits per heavy atom. The number of ether oxygens (including phenoxy) is 1. The lowest BCUT2D eigenvalue weighted by Crippen LogP contribution is -2.39. The SMILES string of the molecule is C=CCCCN(C)C(=NCc1ccccc1COC)NCC.I. The van der Waals surface area contributed by atoms with Crippen molar-refractivity contribution in [3.05, 3.63) is 48.0 Å². The van der Waals surface area contributed by atoms with Gasteiger partial charge in [0.1, 0.15) is 0 Å². The normalized spacial score (nSPS) is 10.8. The van der Waals surface area contributed by atoms with Crippen molar-refractivity contribution < 1.29 is 4.74 Å². The van der Waals surface area contributed by atoms with Gasteiger partial charge >= 0.3 is 0 Å². The van der Waals surface area contributed by atoms with E-state index in [1.165, 1.54) is 11.1 Å². The van der Waals surface area contributed by atoms with Gasteiger partial charge in [-0.3, -0.25) is 0 Å². The topological polar surface area (TPSA) is 36.9 Å². The third kappa shape index (κ3) is 8.37. The second-order valence-corrected chi connectivity index (χ2v) is 5.22. The summed E-state index contributed by atoms with van der Waals surface area (Å²) in [4.78, 5) is 6.93. The zero-order chi connectivity index (χ0) is 16.2. The molecule has 0 amide bonds. The molecule has 1 rings (SSSR count). The number of guanidine groups is 1. The molecule has 23 heavy (non-hydrogen) atoms. The van der Waals surface area contributed by atoms with Gasteiger partial charge in [0.2, 0.25) is 0 Å². The minimum Gasteiger partial charge on any atom is -0.380 e. The highest BCUT2D eigenvalue weighted by Gasteiger charge is 2.06. The fraction of sp³-hybridized carbons (Fsp3) is 0.500. The molecule has 0 aliphatic rings. The molecule has 0 fully saturated rings. The van der Waals surface area contributed by atoms with Crippen molar-refractivity contribution in [3.63, 3.8) is 0 Å². The standard InChI is InChI=1S/C18H29N3O.HI/c1-5-7-10-13-21(3)18(19-6-2)20-14-16-11-8-9-12-17(16)15-22-4;/h5,8-9,11-12H,1,6-7,10,13-15H2,2-4H3,(H,19,20);1H. The highest BCUT2D eigenvalue weighted by Crippen LogP contribution is 2.11. The van der Waals surface area contributed by atoms with Crippen molar-refractivity contribution in [2.75, 3.05) is 27.2 Å². The maximum Gasteiger partial charge on any atom is 0.193 e. The number of aliphatic imine (C=N–C) groups is 1. The van der Waals surface area contributed by atoms with E-state index < -0.39 is 0 Å². The van der Waals surface area contributed by atoms with Crippen LogP contribution in [0.15, 0.2) is 41.9 Å². The zero-order valence-electron chi connectivity index (χ0n) is 14.5. The molecule has 130 valence electrons. The van der Waals surface area contributed by atoms with E-state index in [2.05, 4.69) is 42.9 Å². The van der Waals surface area contributed by atoms with E-state index in [0.29, 0.717) is 13.2 Å². The van der Waals surface area contributed by atoms with Gasteiger partial charge in [0.05, 0.1) is 13.2 Å². The van der Waals surface area contributed by atoms with Crippen molar-refractivity contribution in [3.8, 4) is 0 Å². The number of nitrogens with zero attached hydrogens (tertiary/aromatic N) is 2. The first kappa shape index (κ1) is 21.9. The van der Waals surface area contributed by atoms with Crippen LogP contribution in [-0.2, 0) is 17.9 Å². The van der Waals surface area contributed by atoms with Crippen molar-refractivity contribution >= 4 is 29.9 Å². The maximum atomic E-state index is 5.25. The van der Waals surface area contributed by atoms with Crippen LogP contribution in [0.1, 0.15) is 30.9 Å². The Balaban J connectivity index is 0.00000484. The molecule has 0 saturated heterocycles. The molecule has 0 aliphatic heterocycles. The van der Waals surface area contributed by atoms with E-state index in [1.807, 2.05) is 18.2 Å². The van der Waals surface area contributed by atoms with E-state index in [0.717, 1.165) is 31.9 Å². The Morgan fingerprint density at radius 2 is 2.04 bits per heavy atom. The van der Waals surface area contributed by atoms with Crippen LogP contribution in [0.4, 0.5) is 0 Å². The number of nitrogens with one attached hydrogen (secondary N) is 1. The van der Waals surface area contributed by atoms with Crippen LogP contribution in [-0.4, -0.2) is 38.1 Å². The van der Waals surface area contributed by atoms with E-state index in [4.69, 9.17) is 9.73 Å². The van der Waals surface area contributed by atoms with Gasteiger partial charge in [-0.2, -0.15) is 0 Å². The minimum atomic E-state index is 0. The molecule has 0 unspecified atom stereocenters. The summed E-state index contributed by atoms with van der Waals surface area (Å²) in [5, 5.41) is 3.35. The van der Waals surface area contributed by atoms with Gasteiger partial charge in [0, 0.05) is 27.2 Å². The molecule has 5 heteroatoms. The summed E-state index contributed by atoms with van der Waals surface area (Å²) in [5.74, 6) is 0.943. The second-order valence-electron chi connectivity index (χ2n) is 5.22. The molecule has 1 N–H and O–H groups in total. The molecule has 4 nitrogen and oxygen atoms in total. The van der Waals surface area contributed by atoms with E-state index >= 15 is 0 Å². The maximum absolute atomic E-state index is 5.25. The number of benzene rings is 1. The third-order valence-corrected chi connectivity index (χ3v) is 3.42. The van der Waals surface area contributed by atoms with Gasteiger partial charge in [-0.25, -0.2) is 4.99 Å². The van der Waals surface area contributed by atoms with Gasteiger partial charge in [-0.1, -0.05) is 30.3 Å². The summed E-state index contributed by atoms with van der Waals surface area (Å²) >= 11 is 0. The van der Waals surface area contributed by atoms with Gasteiger partial charge in [-0.05, 0) is 30.9 Å². The van der Waals surface area contributed by atoms with Crippen LogP contribution in [0.3, 0.4) is 0 Å². The quantitative estimate of drug-likeness (QED) is 0.212. The van der Waals surface area contributed by atoms with Crippen LogP contribution in [0, 0.1) is 0 Å². The number of hydrogen-bond donors (Lipinski definition) is 1. The van der Waals surface area contributed by atoms with Crippen LogP contribution < -0.4 is 5.32 Å². The summed E-state index contributed by atoms with van der Waals surface area (Å²) in [7, 11) is 3.79. The van der Waals surface area contributed by atoms with Crippen molar-refractivity contribution in [2.24, 2.45) is 4.99 Å². The first-order valence-corrected chi connectivity index (χ1v) is 7.89. The number of methoxy groups -OCH3 is 1. The molecule has 0 aliphatic carbocycles. The lowest BCUT2D eigenvalue weighted by atomic mass is 10.1. The molecule has 0 heterocycles. The molecule has 0 aromatic heterocycles. The number of unbranched alkanes of at least 4 members (excludes halogenated alkanes) is 1. The molecular weight excluding hydrogens is 401 g/mol. The number of allylic oxidation sites excluding steroid dienone is 1. The zero-order valence-corrected chi connectivity index (χ0v) is 16.9. The Kier molecular flexibility index (Phi) is 12.7. The predicted octanol–water partition coefficient (Wildman–Crippen LogP) is 3.81. The summed E-state index contributed by atoms with van der Waals surface area (Å²) in [6.45, 7) is 8.97. The van der Waals surface area contributed by atoms with E-state index in [-0.39, 0.29) is 24.0 Å². The first-order chi connectivity index (χ1) is 10.7. The van der Waals surface area contributed by atoms with E-state index in [1.54, 1.807) is 7.11 Å². The smallest absolute Gasteiger partial charge is 0.193 e. The molecule has 0 radical (unpaired) electrons. The average Bonchev–Trinajstić information content (AvgIpc) is 2.53.